The van der Waals surface area contributed by atoms with Gasteiger partial charge in [0.15, 0.2) is 23.2 Å². The number of hydrogen-bond acceptors (Lipinski definition) is 1. The third-order valence-corrected chi connectivity index (χ3v) is 7.32. The molecule has 0 saturated heterocycles. The number of benzene rings is 3. The third kappa shape index (κ3) is 5.55. The predicted octanol–water partition coefficient (Wildman–Crippen LogP) is 8.78. The van der Waals surface area contributed by atoms with E-state index in [1.165, 1.54) is 6.07 Å². The molecule has 0 radical (unpaired) electrons. The highest BCUT2D eigenvalue weighted by atomic mass is 19.2. The molecular weight excluding hydrogens is 452 g/mol. The van der Waals surface area contributed by atoms with Gasteiger partial charge in [-0.05, 0) is 92.0 Å². The SMILES string of the molecule is CCOc1ccc(CCC2CCC(c3ccc(-c4ccc(CC)cc4)c(F)c3F)CC2)c(F)c1F. The topological polar surface area (TPSA) is 9.23 Å². The molecule has 0 aromatic heterocycles. The van der Waals surface area contributed by atoms with Crippen LogP contribution in [0.4, 0.5) is 17.6 Å². The molecule has 1 saturated carbocycles. The van der Waals surface area contributed by atoms with Crippen LogP contribution in [0, 0.1) is 29.2 Å². The van der Waals surface area contributed by atoms with Gasteiger partial charge in [0.1, 0.15) is 0 Å². The summed E-state index contributed by atoms with van der Waals surface area (Å²) in [5.74, 6) is -3.06. The minimum atomic E-state index is -0.935. The second-order valence-electron chi connectivity index (χ2n) is 9.42. The summed E-state index contributed by atoms with van der Waals surface area (Å²) in [6, 6.07) is 14.0. The lowest BCUT2D eigenvalue weighted by atomic mass is 9.76. The fourth-order valence-corrected chi connectivity index (χ4v) is 5.18. The Morgan fingerprint density at radius 3 is 2.11 bits per heavy atom. The van der Waals surface area contributed by atoms with E-state index < -0.39 is 23.3 Å². The van der Waals surface area contributed by atoms with Gasteiger partial charge in [-0.3, -0.25) is 0 Å². The van der Waals surface area contributed by atoms with E-state index in [9.17, 15) is 13.2 Å². The highest BCUT2D eigenvalue weighted by molar-refractivity contribution is 5.65. The van der Waals surface area contributed by atoms with Crippen molar-refractivity contribution in [2.75, 3.05) is 6.61 Å². The minimum absolute atomic E-state index is 0.0306. The minimum Gasteiger partial charge on any atom is -0.491 e. The van der Waals surface area contributed by atoms with E-state index in [1.807, 2.05) is 24.3 Å². The molecular formula is C30H32F4O. The summed E-state index contributed by atoms with van der Waals surface area (Å²) in [5.41, 5.74) is 2.90. The van der Waals surface area contributed by atoms with E-state index in [0.29, 0.717) is 29.0 Å². The van der Waals surface area contributed by atoms with Crippen LogP contribution in [0.5, 0.6) is 5.75 Å². The fraction of sp³-hybridized carbons (Fsp3) is 0.400. The van der Waals surface area contributed by atoms with Gasteiger partial charge in [-0.2, -0.15) is 4.39 Å². The first-order valence-corrected chi connectivity index (χ1v) is 12.6. The van der Waals surface area contributed by atoms with Crippen LogP contribution < -0.4 is 4.74 Å². The van der Waals surface area contributed by atoms with Gasteiger partial charge >= 0.3 is 0 Å². The molecule has 186 valence electrons. The summed E-state index contributed by atoms with van der Waals surface area (Å²) in [5, 5.41) is 0. The predicted molar refractivity (Wildman–Crippen MR) is 132 cm³/mol. The first kappa shape index (κ1) is 25.3. The second-order valence-corrected chi connectivity index (χ2v) is 9.42. The summed E-state index contributed by atoms with van der Waals surface area (Å²) in [6.45, 7) is 4.05. The average molecular weight is 485 g/mol. The van der Waals surface area contributed by atoms with Crippen LogP contribution >= 0.6 is 0 Å². The van der Waals surface area contributed by atoms with Gasteiger partial charge in [0.05, 0.1) is 6.61 Å². The third-order valence-electron chi connectivity index (χ3n) is 7.32. The molecule has 0 amide bonds. The van der Waals surface area contributed by atoms with E-state index in [0.717, 1.165) is 44.1 Å². The Kier molecular flexibility index (Phi) is 8.15. The maximum atomic E-state index is 15.1. The summed E-state index contributed by atoms with van der Waals surface area (Å²) < 4.78 is 63.6. The highest BCUT2D eigenvalue weighted by Crippen LogP contribution is 2.40. The summed E-state index contributed by atoms with van der Waals surface area (Å²) in [4.78, 5) is 0. The van der Waals surface area contributed by atoms with E-state index in [4.69, 9.17) is 4.74 Å². The van der Waals surface area contributed by atoms with E-state index in [1.54, 1.807) is 25.1 Å². The second kappa shape index (κ2) is 11.3. The Morgan fingerprint density at radius 2 is 1.46 bits per heavy atom. The number of aryl methyl sites for hydroxylation is 2. The molecule has 0 heterocycles. The Labute approximate surface area is 205 Å². The molecule has 1 nitrogen and oxygen atoms in total. The molecule has 0 aliphatic heterocycles. The smallest absolute Gasteiger partial charge is 0.200 e. The monoisotopic (exact) mass is 484 g/mol. The van der Waals surface area contributed by atoms with Gasteiger partial charge in [-0.25, -0.2) is 13.2 Å². The van der Waals surface area contributed by atoms with E-state index in [-0.39, 0.29) is 23.8 Å². The normalized spacial score (nSPS) is 18.0. The van der Waals surface area contributed by atoms with Crippen LogP contribution in [-0.2, 0) is 12.8 Å². The number of ether oxygens (including phenoxy) is 1. The molecule has 0 spiro atoms. The van der Waals surface area contributed by atoms with Gasteiger partial charge in [0.25, 0.3) is 0 Å². The Hall–Kier alpha value is -2.82. The van der Waals surface area contributed by atoms with Crippen molar-refractivity contribution in [3.8, 4) is 16.9 Å². The number of rotatable bonds is 8. The lowest BCUT2D eigenvalue weighted by Gasteiger charge is -2.29. The molecule has 0 N–H and O–H groups in total. The van der Waals surface area contributed by atoms with Crippen LogP contribution in [-0.4, -0.2) is 6.61 Å². The van der Waals surface area contributed by atoms with Crippen molar-refractivity contribution in [3.05, 3.63) is 88.5 Å². The molecule has 5 heteroatoms. The zero-order chi connectivity index (χ0) is 24.9. The molecule has 4 rings (SSSR count). The molecule has 0 bridgehead atoms. The van der Waals surface area contributed by atoms with Crippen molar-refractivity contribution < 1.29 is 22.3 Å². The first-order chi connectivity index (χ1) is 16.9. The lowest BCUT2D eigenvalue weighted by molar-refractivity contribution is 0.301. The Morgan fingerprint density at radius 1 is 0.743 bits per heavy atom. The number of hydrogen-bond donors (Lipinski definition) is 0. The van der Waals surface area contributed by atoms with Crippen LogP contribution in [0.15, 0.2) is 48.5 Å². The van der Waals surface area contributed by atoms with Crippen molar-refractivity contribution in [2.45, 2.75) is 64.7 Å². The van der Waals surface area contributed by atoms with Crippen LogP contribution in [0.3, 0.4) is 0 Å². The van der Waals surface area contributed by atoms with E-state index >= 15 is 4.39 Å². The zero-order valence-corrected chi connectivity index (χ0v) is 20.4. The number of halogens is 4. The molecule has 1 fully saturated rings. The van der Waals surface area contributed by atoms with Crippen molar-refractivity contribution in [1.82, 2.24) is 0 Å². The molecule has 0 atom stereocenters. The average Bonchev–Trinajstić information content (AvgIpc) is 2.88. The van der Waals surface area contributed by atoms with Gasteiger partial charge in [-0.1, -0.05) is 49.4 Å². The standard InChI is InChI=1S/C30H32F4O/c1-3-19-5-10-21(11-6-19)24-16-17-25(29(33)28(24)32)22-12-7-20(8-13-22)9-14-23-15-18-26(35-4-2)30(34)27(23)31/h5-6,10-11,15-18,20,22H,3-4,7-9,12-14H2,1-2H3. The molecule has 0 unspecified atom stereocenters. The largest absolute Gasteiger partial charge is 0.491 e. The zero-order valence-electron chi connectivity index (χ0n) is 20.4. The van der Waals surface area contributed by atoms with Crippen molar-refractivity contribution in [1.29, 1.82) is 0 Å². The maximum Gasteiger partial charge on any atom is 0.200 e. The first-order valence-electron chi connectivity index (χ1n) is 12.6. The Bertz CT molecular complexity index is 1150. The summed E-state index contributed by atoms with van der Waals surface area (Å²) in [6.07, 6.45) is 5.29. The van der Waals surface area contributed by atoms with Gasteiger partial charge in [-0.15, -0.1) is 0 Å². The molecule has 1 aliphatic carbocycles. The maximum absolute atomic E-state index is 15.1. The van der Waals surface area contributed by atoms with Gasteiger partial charge in [0, 0.05) is 5.56 Å². The lowest BCUT2D eigenvalue weighted by Crippen LogP contribution is -2.16. The quantitative estimate of drug-likeness (QED) is 0.290. The van der Waals surface area contributed by atoms with Gasteiger partial charge in [0.2, 0.25) is 5.82 Å². The summed E-state index contributed by atoms with van der Waals surface area (Å²) >= 11 is 0. The van der Waals surface area contributed by atoms with Crippen LogP contribution in [0.25, 0.3) is 11.1 Å². The summed E-state index contributed by atoms with van der Waals surface area (Å²) in [7, 11) is 0. The van der Waals surface area contributed by atoms with Crippen LogP contribution in [0.1, 0.15) is 68.6 Å². The molecule has 3 aromatic rings. The Balaban J connectivity index is 1.37. The van der Waals surface area contributed by atoms with Gasteiger partial charge < -0.3 is 4.74 Å². The van der Waals surface area contributed by atoms with E-state index in [2.05, 4.69) is 6.92 Å². The van der Waals surface area contributed by atoms with Crippen LogP contribution in [0.2, 0.25) is 0 Å². The van der Waals surface area contributed by atoms with Crippen molar-refractivity contribution in [2.24, 2.45) is 5.92 Å². The molecule has 3 aromatic carbocycles. The molecule has 35 heavy (non-hydrogen) atoms. The highest BCUT2D eigenvalue weighted by Gasteiger charge is 2.27. The van der Waals surface area contributed by atoms with Crippen molar-refractivity contribution >= 4 is 0 Å². The molecule has 1 aliphatic rings. The van der Waals surface area contributed by atoms with Crippen molar-refractivity contribution in [3.63, 3.8) is 0 Å². The fourth-order valence-electron chi connectivity index (χ4n) is 5.18.